The van der Waals surface area contributed by atoms with Gasteiger partial charge in [-0.15, -0.1) is 0 Å². The van der Waals surface area contributed by atoms with E-state index in [2.05, 4.69) is 4.74 Å². The molecule has 5 nitrogen and oxygen atoms in total. The average molecular weight is 164 g/mol. The van der Waals surface area contributed by atoms with Crippen LogP contribution in [0.3, 0.4) is 0 Å². The van der Waals surface area contributed by atoms with Gasteiger partial charge in [0, 0.05) is 0 Å². The molecule has 1 aliphatic heterocycles. The maximum absolute atomic E-state index is 8.94. The molecule has 0 bridgehead atoms. The van der Waals surface area contributed by atoms with Crippen molar-refractivity contribution in [1.29, 1.82) is 0 Å². The van der Waals surface area contributed by atoms with Crippen molar-refractivity contribution < 1.29 is 25.2 Å². The SMILES string of the molecule is OCC1CCC(O)C(O)(O)O1. The molecule has 5 heteroatoms. The molecule has 66 valence electrons. The van der Waals surface area contributed by atoms with Gasteiger partial charge in [-0.25, -0.2) is 0 Å². The topological polar surface area (TPSA) is 90.2 Å². The van der Waals surface area contributed by atoms with Crippen LogP contribution in [0, 0.1) is 0 Å². The second-order valence-corrected chi connectivity index (χ2v) is 2.67. The van der Waals surface area contributed by atoms with E-state index in [9.17, 15) is 0 Å². The lowest BCUT2D eigenvalue weighted by atomic mass is 10.1. The molecule has 1 aliphatic rings. The van der Waals surface area contributed by atoms with Gasteiger partial charge in [0.05, 0.1) is 12.7 Å². The Morgan fingerprint density at radius 3 is 2.45 bits per heavy atom. The zero-order valence-electron chi connectivity index (χ0n) is 5.97. The molecule has 0 aromatic heterocycles. The van der Waals surface area contributed by atoms with Crippen LogP contribution in [0.1, 0.15) is 12.8 Å². The van der Waals surface area contributed by atoms with Crippen molar-refractivity contribution >= 4 is 0 Å². The summed E-state index contributed by atoms with van der Waals surface area (Å²) in [4.78, 5) is 0. The van der Waals surface area contributed by atoms with Gasteiger partial charge in [-0.05, 0) is 12.8 Å². The summed E-state index contributed by atoms with van der Waals surface area (Å²) in [6, 6.07) is 0. The molecule has 0 aliphatic carbocycles. The van der Waals surface area contributed by atoms with Crippen molar-refractivity contribution in [2.45, 2.75) is 31.0 Å². The van der Waals surface area contributed by atoms with E-state index < -0.39 is 18.2 Å². The Kier molecular flexibility index (Phi) is 2.46. The van der Waals surface area contributed by atoms with Crippen molar-refractivity contribution in [1.82, 2.24) is 0 Å². The molecular formula is C6H12O5. The minimum Gasteiger partial charge on any atom is -0.394 e. The summed E-state index contributed by atoms with van der Waals surface area (Å²) in [6.45, 7) is -0.268. The maximum Gasteiger partial charge on any atom is 0.305 e. The first-order valence-corrected chi connectivity index (χ1v) is 3.47. The summed E-state index contributed by atoms with van der Waals surface area (Å²) in [5, 5.41) is 35.4. The van der Waals surface area contributed by atoms with Gasteiger partial charge in [-0.3, -0.25) is 0 Å². The van der Waals surface area contributed by atoms with Gasteiger partial charge in [-0.2, -0.15) is 0 Å². The third-order valence-electron chi connectivity index (χ3n) is 1.74. The van der Waals surface area contributed by atoms with Crippen LogP contribution >= 0.6 is 0 Å². The van der Waals surface area contributed by atoms with Crippen LogP contribution in [0.5, 0.6) is 0 Å². The molecule has 1 rings (SSSR count). The highest BCUT2D eigenvalue weighted by Crippen LogP contribution is 2.24. The van der Waals surface area contributed by atoms with Gasteiger partial charge in [-0.1, -0.05) is 0 Å². The second-order valence-electron chi connectivity index (χ2n) is 2.67. The lowest BCUT2D eigenvalue weighted by Crippen LogP contribution is -2.51. The Bertz CT molecular complexity index is 135. The third kappa shape index (κ3) is 1.88. The van der Waals surface area contributed by atoms with E-state index in [1.807, 2.05) is 0 Å². The largest absolute Gasteiger partial charge is 0.394 e. The zero-order chi connectivity index (χ0) is 8.48. The minimum atomic E-state index is -2.49. The monoisotopic (exact) mass is 164 g/mol. The normalized spacial score (nSPS) is 37.1. The summed E-state index contributed by atoms with van der Waals surface area (Å²) in [6.07, 6.45) is -1.22. The van der Waals surface area contributed by atoms with Gasteiger partial charge in [0.25, 0.3) is 0 Å². The van der Waals surface area contributed by atoms with Crippen molar-refractivity contribution in [3.63, 3.8) is 0 Å². The molecule has 11 heavy (non-hydrogen) atoms. The van der Waals surface area contributed by atoms with Gasteiger partial charge < -0.3 is 25.2 Å². The first kappa shape index (κ1) is 8.89. The van der Waals surface area contributed by atoms with Gasteiger partial charge in [0.15, 0.2) is 0 Å². The highest BCUT2D eigenvalue weighted by atomic mass is 16.8. The summed E-state index contributed by atoms with van der Waals surface area (Å²) < 4.78 is 4.55. The fraction of sp³-hybridized carbons (Fsp3) is 1.00. The lowest BCUT2D eigenvalue weighted by Gasteiger charge is -2.35. The molecular weight excluding hydrogens is 152 g/mol. The van der Waals surface area contributed by atoms with E-state index in [0.717, 1.165) is 0 Å². The molecule has 0 aromatic rings. The van der Waals surface area contributed by atoms with E-state index in [1.165, 1.54) is 0 Å². The van der Waals surface area contributed by atoms with Gasteiger partial charge in [0.2, 0.25) is 0 Å². The Morgan fingerprint density at radius 2 is 2.00 bits per heavy atom. The molecule has 0 aromatic carbocycles. The number of ether oxygens (including phenoxy) is 1. The number of aliphatic hydroxyl groups excluding tert-OH is 2. The van der Waals surface area contributed by atoms with Crippen molar-refractivity contribution in [3.8, 4) is 0 Å². The minimum absolute atomic E-state index is 0.220. The fourth-order valence-electron chi connectivity index (χ4n) is 1.04. The number of hydrogen-bond donors (Lipinski definition) is 4. The molecule has 0 saturated carbocycles. The number of hydrogen-bond acceptors (Lipinski definition) is 5. The molecule has 0 spiro atoms. The van der Waals surface area contributed by atoms with Crippen LogP contribution in [0.4, 0.5) is 0 Å². The van der Waals surface area contributed by atoms with E-state index in [0.29, 0.717) is 6.42 Å². The predicted molar refractivity (Wildman–Crippen MR) is 34.4 cm³/mol. The molecule has 0 radical (unpaired) electrons. The molecule has 0 amide bonds. The quantitative estimate of drug-likeness (QED) is 0.342. The molecule has 2 unspecified atom stereocenters. The Hall–Kier alpha value is -0.200. The first-order valence-electron chi connectivity index (χ1n) is 3.47. The Balaban J connectivity index is 2.52. The molecule has 4 N–H and O–H groups in total. The molecule has 1 heterocycles. The molecule has 1 fully saturated rings. The van der Waals surface area contributed by atoms with E-state index in [-0.39, 0.29) is 13.0 Å². The van der Waals surface area contributed by atoms with Crippen LogP contribution in [0.2, 0.25) is 0 Å². The zero-order valence-corrected chi connectivity index (χ0v) is 5.97. The summed E-state index contributed by atoms with van der Waals surface area (Å²) in [7, 11) is 0. The van der Waals surface area contributed by atoms with Crippen LogP contribution in [-0.2, 0) is 4.74 Å². The second kappa shape index (κ2) is 3.04. The van der Waals surface area contributed by atoms with E-state index in [1.54, 1.807) is 0 Å². The fourth-order valence-corrected chi connectivity index (χ4v) is 1.04. The van der Waals surface area contributed by atoms with Crippen molar-refractivity contribution in [2.75, 3.05) is 6.61 Å². The van der Waals surface area contributed by atoms with Crippen LogP contribution in [0.25, 0.3) is 0 Å². The number of aliphatic hydroxyl groups is 4. The first-order chi connectivity index (χ1) is 5.06. The van der Waals surface area contributed by atoms with Crippen LogP contribution in [-0.4, -0.2) is 45.2 Å². The average Bonchev–Trinajstić information content (AvgIpc) is 1.95. The van der Waals surface area contributed by atoms with Crippen LogP contribution in [0.15, 0.2) is 0 Å². The Morgan fingerprint density at radius 1 is 1.36 bits per heavy atom. The lowest BCUT2D eigenvalue weighted by molar-refractivity contribution is -0.407. The standard InChI is InChI=1S/C6H12O5/c7-3-4-1-2-5(8)6(9,10)11-4/h4-5,7-10H,1-3H2. The molecule has 2 atom stereocenters. The summed E-state index contributed by atoms with van der Waals surface area (Å²) >= 11 is 0. The van der Waals surface area contributed by atoms with Crippen LogP contribution < -0.4 is 0 Å². The summed E-state index contributed by atoms with van der Waals surface area (Å²) in [5.74, 6) is -2.49. The molecule has 1 saturated heterocycles. The van der Waals surface area contributed by atoms with Gasteiger partial charge >= 0.3 is 5.97 Å². The van der Waals surface area contributed by atoms with E-state index >= 15 is 0 Å². The third-order valence-corrected chi connectivity index (χ3v) is 1.74. The highest BCUT2D eigenvalue weighted by molar-refractivity contribution is 4.75. The van der Waals surface area contributed by atoms with Gasteiger partial charge in [0.1, 0.15) is 6.10 Å². The maximum atomic E-state index is 8.94. The van der Waals surface area contributed by atoms with E-state index in [4.69, 9.17) is 20.4 Å². The highest BCUT2D eigenvalue weighted by Gasteiger charge is 2.41. The number of rotatable bonds is 1. The predicted octanol–water partition coefficient (Wildman–Crippen LogP) is -1.84. The van der Waals surface area contributed by atoms with Crippen molar-refractivity contribution in [3.05, 3.63) is 0 Å². The van der Waals surface area contributed by atoms with Crippen molar-refractivity contribution in [2.24, 2.45) is 0 Å². The summed E-state index contributed by atoms with van der Waals surface area (Å²) in [5.41, 5.74) is 0. The Labute approximate surface area is 63.8 Å². The smallest absolute Gasteiger partial charge is 0.305 e.